The van der Waals surface area contributed by atoms with Gasteiger partial charge in [0.05, 0.1) is 4.92 Å². The van der Waals surface area contributed by atoms with E-state index in [2.05, 4.69) is 10.2 Å². The summed E-state index contributed by atoms with van der Waals surface area (Å²) < 4.78 is 5.01. The molecule has 1 N–H and O–H groups in total. The normalized spacial score (nSPS) is 10.8. The van der Waals surface area contributed by atoms with Gasteiger partial charge in [-0.3, -0.25) is 10.1 Å². The Morgan fingerprint density at radius 3 is 2.80 bits per heavy atom. The topological polar surface area (TPSA) is 67.6 Å². The molecule has 0 fully saturated rings. The Labute approximate surface area is 119 Å². The fourth-order valence-electron chi connectivity index (χ4n) is 2.04. The number of ether oxygens (including phenoxy) is 1. The first kappa shape index (κ1) is 16.4. The van der Waals surface area contributed by atoms with Crippen molar-refractivity contribution < 1.29 is 9.66 Å². The van der Waals surface area contributed by atoms with Gasteiger partial charge in [-0.15, -0.1) is 0 Å². The zero-order valence-electron chi connectivity index (χ0n) is 12.4. The predicted molar refractivity (Wildman–Crippen MR) is 80.1 cm³/mol. The maximum atomic E-state index is 11.1. The molecular formula is C14H23N3O3. The molecule has 1 aromatic carbocycles. The maximum Gasteiger partial charge on any atom is 0.292 e. The van der Waals surface area contributed by atoms with Crippen molar-refractivity contribution in [2.75, 3.05) is 39.2 Å². The third-order valence-corrected chi connectivity index (χ3v) is 2.97. The SMILES string of the molecule is CCNc1ccc(CN(C)CCCOC)cc1[N+](=O)[O-]. The summed E-state index contributed by atoms with van der Waals surface area (Å²) in [5.74, 6) is 0. The molecule has 6 nitrogen and oxygen atoms in total. The zero-order chi connectivity index (χ0) is 15.0. The molecule has 0 aromatic heterocycles. The number of rotatable bonds is 9. The van der Waals surface area contributed by atoms with Crippen molar-refractivity contribution in [1.29, 1.82) is 0 Å². The monoisotopic (exact) mass is 281 g/mol. The molecule has 0 saturated heterocycles. The minimum atomic E-state index is -0.341. The van der Waals surface area contributed by atoms with Crippen molar-refractivity contribution in [1.82, 2.24) is 4.90 Å². The van der Waals surface area contributed by atoms with Crippen LogP contribution in [-0.4, -0.2) is 43.7 Å². The number of hydrogen-bond donors (Lipinski definition) is 1. The second-order valence-corrected chi connectivity index (χ2v) is 4.72. The van der Waals surface area contributed by atoms with Crippen molar-refractivity contribution in [2.45, 2.75) is 19.9 Å². The van der Waals surface area contributed by atoms with E-state index in [1.165, 1.54) is 0 Å². The highest BCUT2D eigenvalue weighted by Gasteiger charge is 2.14. The Kier molecular flexibility index (Phi) is 6.97. The summed E-state index contributed by atoms with van der Waals surface area (Å²) in [6.07, 6.45) is 0.949. The van der Waals surface area contributed by atoms with Crippen LogP contribution in [0.25, 0.3) is 0 Å². The lowest BCUT2D eigenvalue weighted by atomic mass is 10.1. The van der Waals surface area contributed by atoms with Crippen molar-refractivity contribution in [2.24, 2.45) is 0 Å². The second-order valence-electron chi connectivity index (χ2n) is 4.72. The van der Waals surface area contributed by atoms with Crippen molar-refractivity contribution in [3.63, 3.8) is 0 Å². The lowest BCUT2D eigenvalue weighted by Gasteiger charge is -2.16. The fourth-order valence-corrected chi connectivity index (χ4v) is 2.04. The van der Waals surface area contributed by atoms with Crippen LogP contribution in [0.4, 0.5) is 11.4 Å². The highest BCUT2D eigenvalue weighted by molar-refractivity contribution is 5.62. The first-order valence-electron chi connectivity index (χ1n) is 6.77. The molecule has 0 heterocycles. The fraction of sp³-hybridized carbons (Fsp3) is 0.571. The molecule has 1 aromatic rings. The van der Waals surface area contributed by atoms with Crippen molar-refractivity contribution in [3.05, 3.63) is 33.9 Å². The van der Waals surface area contributed by atoms with Crippen LogP contribution in [0.5, 0.6) is 0 Å². The molecule has 0 radical (unpaired) electrons. The Bertz CT molecular complexity index is 438. The number of nitro groups is 1. The van der Waals surface area contributed by atoms with Crippen LogP contribution in [0.1, 0.15) is 18.9 Å². The standard InChI is InChI=1S/C14H23N3O3/c1-4-15-13-7-6-12(10-14(13)17(18)19)11-16(2)8-5-9-20-3/h6-7,10,15H,4-5,8-9,11H2,1-3H3. The number of nitro benzene ring substituents is 1. The zero-order valence-corrected chi connectivity index (χ0v) is 12.4. The largest absolute Gasteiger partial charge is 0.385 e. The van der Waals surface area contributed by atoms with Gasteiger partial charge in [0.15, 0.2) is 0 Å². The van der Waals surface area contributed by atoms with Gasteiger partial charge in [-0.2, -0.15) is 0 Å². The van der Waals surface area contributed by atoms with E-state index in [1.54, 1.807) is 19.2 Å². The minimum Gasteiger partial charge on any atom is -0.385 e. The summed E-state index contributed by atoms with van der Waals surface area (Å²) >= 11 is 0. The number of nitrogens with one attached hydrogen (secondary N) is 1. The van der Waals surface area contributed by atoms with Crippen molar-refractivity contribution >= 4 is 11.4 Å². The first-order chi connectivity index (χ1) is 9.58. The number of anilines is 1. The van der Waals surface area contributed by atoms with Crippen LogP contribution >= 0.6 is 0 Å². The van der Waals surface area contributed by atoms with E-state index < -0.39 is 0 Å². The van der Waals surface area contributed by atoms with Crippen LogP contribution in [0, 0.1) is 10.1 Å². The van der Waals surface area contributed by atoms with Gasteiger partial charge in [-0.1, -0.05) is 6.07 Å². The highest BCUT2D eigenvalue weighted by atomic mass is 16.6. The summed E-state index contributed by atoms with van der Waals surface area (Å²) in [7, 11) is 3.68. The van der Waals surface area contributed by atoms with E-state index >= 15 is 0 Å². The van der Waals surface area contributed by atoms with Gasteiger partial charge in [0.2, 0.25) is 0 Å². The van der Waals surface area contributed by atoms with E-state index in [4.69, 9.17) is 4.74 Å². The quantitative estimate of drug-likeness (QED) is 0.428. The average Bonchev–Trinajstić information content (AvgIpc) is 2.41. The van der Waals surface area contributed by atoms with Crippen molar-refractivity contribution in [3.8, 4) is 0 Å². The Morgan fingerprint density at radius 1 is 1.45 bits per heavy atom. The average molecular weight is 281 g/mol. The van der Waals surface area contributed by atoms with E-state index in [0.717, 1.165) is 25.1 Å². The summed E-state index contributed by atoms with van der Waals surface area (Å²) in [6.45, 7) is 4.90. The molecule has 0 aliphatic carbocycles. The third-order valence-electron chi connectivity index (χ3n) is 2.97. The molecule has 0 saturated carbocycles. The molecule has 0 unspecified atom stereocenters. The van der Waals surface area contributed by atoms with Crippen LogP contribution in [0.15, 0.2) is 18.2 Å². The van der Waals surface area contributed by atoms with E-state index in [9.17, 15) is 10.1 Å². The Hall–Kier alpha value is -1.66. The molecular weight excluding hydrogens is 258 g/mol. The molecule has 0 amide bonds. The van der Waals surface area contributed by atoms with Gasteiger partial charge in [-0.05, 0) is 32.0 Å². The molecule has 0 atom stereocenters. The Balaban J connectivity index is 2.71. The van der Waals surface area contributed by atoms with Crippen LogP contribution < -0.4 is 5.32 Å². The van der Waals surface area contributed by atoms with Gasteiger partial charge in [0.25, 0.3) is 5.69 Å². The van der Waals surface area contributed by atoms with Gasteiger partial charge >= 0.3 is 0 Å². The summed E-state index contributed by atoms with van der Waals surface area (Å²) in [5, 5.41) is 14.1. The van der Waals surface area contributed by atoms with E-state index in [0.29, 0.717) is 18.8 Å². The van der Waals surface area contributed by atoms with Crippen LogP contribution in [0.2, 0.25) is 0 Å². The van der Waals surface area contributed by atoms with Crippen LogP contribution in [-0.2, 0) is 11.3 Å². The molecule has 1 rings (SSSR count). The molecule has 6 heteroatoms. The van der Waals surface area contributed by atoms with Gasteiger partial charge in [-0.25, -0.2) is 0 Å². The maximum absolute atomic E-state index is 11.1. The summed E-state index contributed by atoms with van der Waals surface area (Å²) in [4.78, 5) is 12.9. The number of nitrogens with zero attached hydrogens (tertiary/aromatic N) is 2. The smallest absolute Gasteiger partial charge is 0.292 e. The molecule has 20 heavy (non-hydrogen) atoms. The molecule has 0 aliphatic rings. The number of methoxy groups -OCH3 is 1. The molecule has 112 valence electrons. The second kappa shape index (κ2) is 8.50. The van der Waals surface area contributed by atoms with Gasteiger partial charge in [0.1, 0.15) is 5.69 Å². The van der Waals surface area contributed by atoms with Gasteiger partial charge < -0.3 is 15.0 Å². The lowest BCUT2D eigenvalue weighted by Crippen LogP contribution is -2.20. The molecule has 0 aliphatic heterocycles. The van der Waals surface area contributed by atoms with E-state index in [1.807, 2.05) is 20.0 Å². The molecule has 0 bridgehead atoms. The van der Waals surface area contributed by atoms with Crippen LogP contribution in [0.3, 0.4) is 0 Å². The summed E-state index contributed by atoms with van der Waals surface area (Å²) in [6, 6.07) is 5.35. The highest BCUT2D eigenvalue weighted by Crippen LogP contribution is 2.25. The predicted octanol–water partition coefficient (Wildman–Crippen LogP) is 2.49. The lowest BCUT2D eigenvalue weighted by molar-refractivity contribution is -0.384. The third kappa shape index (κ3) is 5.14. The first-order valence-corrected chi connectivity index (χ1v) is 6.77. The number of benzene rings is 1. The van der Waals surface area contributed by atoms with E-state index in [-0.39, 0.29) is 10.6 Å². The summed E-state index contributed by atoms with van der Waals surface area (Å²) in [5.41, 5.74) is 1.65. The van der Waals surface area contributed by atoms with Gasteiger partial charge in [0, 0.05) is 39.4 Å². The minimum absolute atomic E-state index is 0.134. The molecule has 0 spiro atoms. The Morgan fingerprint density at radius 2 is 2.20 bits per heavy atom. The number of hydrogen-bond acceptors (Lipinski definition) is 5.